The van der Waals surface area contributed by atoms with Crippen LogP contribution in [0.25, 0.3) is 5.52 Å². The topological polar surface area (TPSA) is 43.3 Å². The first-order valence-electron chi connectivity index (χ1n) is 3.62. The average Bonchev–Trinajstić information content (AvgIpc) is 2.46. The van der Waals surface area contributed by atoms with E-state index in [2.05, 4.69) is 20.9 Å². The fourth-order valence-corrected chi connectivity index (χ4v) is 1.51. The molecule has 0 saturated heterocycles. The highest BCUT2D eigenvalue weighted by molar-refractivity contribution is 9.10. The zero-order valence-electron chi connectivity index (χ0n) is 6.37. The Labute approximate surface area is 78.3 Å². The third kappa shape index (κ3) is 1.13. The van der Waals surface area contributed by atoms with E-state index < -0.39 is 0 Å². The minimum absolute atomic E-state index is 0.479. The number of nitrogens with two attached hydrogens (primary N) is 1. The van der Waals surface area contributed by atoms with Crippen LogP contribution in [0.3, 0.4) is 0 Å². The Morgan fingerprint density at radius 1 is 1.58 bits per heavy atom. The molecule has 2 aromatic heterocycles. The van der Waals surface area contributed by atoms with Crippen LogP contribution in [-0.2, 0) is 6.54 Å². The first-order chi connectivity index (χ1) is 5.81. The van der Waals surface area contributed by atoms with Gasteiger partial charge in [0, 0.05) is 17.2 Å². The number of pyridine rings is 1. The van der Waals surface area contributed by atoms with Gasteiger partial charge in [-0.3, -0.25) is 0 Å². The molecule has 0 spiro atoms. The Morgan fingerprint density at radius 3 is 3.17 bits per heavy atom. The lowest BCUT2D eigenvalue weighted by Crippen LogP contribution is -1.96. The van der Waals surface area contributed by atoms with Crippen molar-refractivity contribution in [3.63, 3.8) is 0 Å². The average molecular weight is 226 g/mol. The number of hydrogen-bond acceptors (Lipinski definition) is 2. The van der Waals surface area contributed by atoms with Crippen molar-refractivity contribution in [1.29, 1.82) is 0 Å². The third-order valence-corrected chi connectivity index (χ3v) is 2.27. The van der Waals surface area contributed by atoms with E-state index in [1.54, 1.807) is 6.33 Å². The van der Waals surface area contributed by atoms with Crippen molar-refractivity contribution >= 4 is 21.4 Å². The minimum atomic E-state index is 0.479. The first kappa shape index (κ1) is 7.76. The summed E-state index contributed by atoms with van der Waals surface area (Å²) in [6.45, 7) is 0.479. The third-order valence-electron chi connectivity index (χ3n) is 1.77. The Balaban J connectivity index is 2.75. The summed E-state index contributed by atoms with van der Waals surface area (Å²) in [5, 5.41) is 0. The van der Waals surface area contributed by atoms with Gasteiger partial charge in [0.05, 0.1) is 17.5 Å². The van der Waals surface area contributed by atoms with E-state index in [4.69, 9.17) is 5.73 Å². The molecule has 0 aliphatic rings. The molecular weight excluding hydrogens is 218 g/mol. The predicted octanol–water partition coefficient (Wildman–Crippen LogP) is 1.56. The molecule has 2 rings (SSSR count). The van der Waals surface area contributed by atoms with Crippen molar-refractivity contribution in [2.24, 2.45) is 5.73 Å². The molecule has 0 atom stereocenters. The van der Waals surface area contributed by atoms with E-state index in [1.165, 1.54) is 0 Å². The molecule has 0 bridgehead atoms. The lowest BCUT2D eigenvalue weighted by molar-refractivity contribution is 1.02. The SMILES string of the molecule is NCc1ncn2ccc(Br)cc12. The molecule has 0 unspecified atom stereocenters. The van der Waals surface area contributed by atoms with Crippen molar-refractivity contribution in [1.82, 2.24) is 9.38 Å². The highest BCUT2D eigenvalue weighted by atomic mass is 79.9. The van der Waals surface area contributed by atoms with Crippen molar-refractivity contribution in [2.45, 2.75) is 6.54 Å². The molecule has 0 aliphatic heterocycles. The number of hydrogen-bond donors (Lipinski definition) is 1. The number of nitrogens with zero attached hydrogens (tertiary/aromatic N) is 2. The van der Waals surface area contributed by atoms with Crippen LogP contribution >= 0.6 is 15.9 Å². The molecule has 3 nitrogen and oxygen atoms in total. The molecule has 0 amide bonds. The summed E-state index contributed by atoms with van der Waals surface area (Å²) in [7, 11) is 0. The Morgan fingerprint density at radius 2 is 2.42 bits per heavy atom. The molecule has 2 N–H and O–H groups in total. The van der Waals surface area contributed by atoms with E-state index in [9.17, 15) is 0 Å². The van der Waals surface area contributed by atoms with Crippen LogP contribution in [0, 0.1) is 0 Å². The van der Waals surface area contributed by atoms with Crippen LogP contribution in [0.2, 0.25) is 0 Å². The van der Waals surface area contributed by atoms with Gasteiger partial charge in [0.2, 0.25) is 0 Å². The lowest BCUT2D eigenvalue weighted by atomic mass is 10.3. The zero-order chi connectivity index (χ0) is 8.55. The Kier molecular flexibility index (Phi) is 1.86. The van der Waals surface area contributed by atoms with Gasteiger partial charge in [0.1, 0.15) is 0 Å². The minimum Gasteiger partial charge on any atom is -0.325 e. The molecule has 0 fully saturated rings. The molecule has 0 aromatic carbocycles. The maximum atomic E-state index is 5.52. The van der Waals surface area contributed by atoms with Crippen molar-refractivity contribution in [3.05, 3.63) is 34.8 Å². The maximum absolute atomic E-state index is 5.52. The van der Waals surface area contributed by atoms with E-state index in [0.717, 1.165) is 15.7 Å². The number of halogens is 1. The molecule has 0 aliphatic carbocycles. The fourth-order valence-electron chi connectivity index (χ4n) is 1.17. The van der Waals surface area contributed by atoms with Gasteiger partial charge in [-0.05, 0) is 12.1 Å². The molecular formula is C8H8BrN3. The summed E-state index contributed by atoms with van der Waals surface area (Å²) < 4.78 is 3.00. The number of fused-ring (bicyclic) bond motifs is 1. The van der Waals surface area contributed by atoms with Gasteiger partial charge >= 0.3 is 0 Å². The molecule has 62 valence electrons. The fraction of sp³-hybridized carbons (Fsp3) is 0.125. The van der Waals surface area contributed by atoms with Crippen LogP contribution in [0.15, 0.2) is 29.1 Å². The summed E-state index contributed by atoms with van der Waals surface area (Å²) in [4.78, 5) is 4.17. The molecule has 0 saturated carbocycles. The largest absolute Gasteiger partial charge is 0.325 e. The van der Waals surface area contributed by atoms with Crippen molar-refractivity contribution in [2.75, 3.05) is 0 Å². The molecule has 2 heterocycles. The quantitative estimate of drug-likeness (QED) is 0.801. The van der Waals surface area contributed by atoms with Crippen LogP contribution in [0.5, 0.6) is 0 Å². The molecule has 12 heavy (non-hydrogen) atoms. The van der Waals surface area contributed by atoms with E-state index in [0.29, 0.717) is 6.54 Å². The van der Waals surface area contributed by atoms with Gasteiger partial charge in [-0.15, -0.1) is 0 Å². The summed E-state index contributed by atoms with van der Waals surface area (Å²) in [6.07, 6.45) is 3.72. The van der Waals surface area contributed by atoms with Crippen molar-refractivity contribution in [3.8, 4) is 0 Å². The summed E-state index contributed by atoms with van der Waals surface area (Å²) in [6, 6.07) is 3.98. The molecule has 4 heteroatoms. The molecule has 2 aromatic rings. The van der Waals surface area contributed by atoms with E-state index in [1.807, 2.05) is 22.7 Å². The normalized spacial score (nSPS) is 10.8. The predicted molar refractivity (Wildman–Crippen MR) is 50.8 cm³/mol. The van der Waals surface area contributed by atoms with Crippen LogP contribution in [-0.4, -0.2) is 9.38 Å². The second-order valence-electron chi connectivity index (χ2n) is 2.53. The van der Waals surface area contributed by atoms with Gasteiger partial charge < -0.3 is 10.1 Å². The smallest absolute Gasteiger partial charge is 0.0996 e. The van der Waals surface area contributed by atoms with Crippen molar-refractivity contribution < 1.29 is 0 Å². The lowest BCUT2D eigenvalue weighted by Gasteiger charge is -1.95. The Bertz CT molecular complexity index is 408. The van der Waals surface area contributed by atoms with Crippen LogP contribution in [0.1, 0.15) is 5.69 Å². The number of aromatic nitrogens is 2. The first-order valence-corrected chi connectivity index (χ1v) is 4.41. The standard InChI is InChI=1S/C8H8BrN3/c9-6-1-2-12-5-11-7(4-10)8(12)3-6/h1-3,5H,4,10H2. The highest BCUT2D eigenvalue weighted by Crippen LogP contribution is 2.15. The monoisotopic (exact) mass is 225 g/mol. The van der Waals surface area contributed by atoms with Gasteiger partial charge in [0.25, 0.3) is 0 Å². The summed E-state index contributed by atoms with van der Waals surface area (Å²) in [5.74, 6) is 0. The van der Waals surface area contributed by atoms with E-state index in [-0.39, 0.29) is 0 Å². The van der Waals surface area contributed by atoms with E-state index >= 15 is 0 Å². The molecule has 0 radical (unpaired) electrons. The second kappa shape index (κ2) is 2.88. The summed E-state index contributed by atoms with van der Waals surface area (Å²) >= 11 is 3.40. The van der Waals surface area contributed by atoms with Gasteiger partial charge in [-0.25, -0.2) is 4.98 Å². The summed E-state index contributed by atoms with van der Waals surface area (Å²) in [5.41, 5.74) is 7.51. The zero-order valence-corrected chi connectivity index (χ0v) is 7.95. The van der Waals surface area contributed by atoms with Gasteiger partial charge in [-0.1, -0.05) is 15.9 Å². The highest BCUT2D eigenvalue weighted by Gasteiger charge is 2.01. The van der Waals surface area contributed by atoms with Gasteiger partial charge in [-0.2, -0.15) is 0 Å². The van der Waals surface area contributed by atoms with Gasteiger partial charge in [0.15, 0.2) is 0 Å². The number of imidazole rings is 1. The maximum Gasteiger partial charge on any atom is 0.0996 e. The second-order valence-corrected chi connectivity index (χ2v) is 3.45. The van der Waals surface area contributed by atoms with Crippen LogP contribution in [0.4, 0.5) is 0 Å². The Hall–Kier alpha value is -0.870. The van der Waals surface area contributed by atoms with Crippen LogP contribution < -0.4 is 5.73 Å². The number of rotatable bonds is 1.